The van der Waals surface area contributed by atoms with Crippen molar-refractivity contribution >= 4 is 11.8 Å². The molecule has 0 spiro atoms. The Morgan fingerprint density at radius 3 is 2.47 bits per heavy atom. The van der Waals surface area contributed by atoms with Crippen LogP contribution >= 0.6 is 0 Å². The Hall–Kier alpha value is -2.66. The Bertz CT molecular complexity index is 963. The molecule has 2 bridgehead atoms. The standard InChI is InChI=1S/C27H33N3O2/c1-27-17-22-21(16-19-10-4-2-5-11-19)29-23(27)14-8-9-15-24(27)30(22)25(31)18-28-26(32)20-12-6-3-7-13-20/h2-7,10-13,21-24,29H,8-9,14-18H2,1H3,(H,28,32)/t21-,22-,23+,24-,27+/m0/s1. The van der Waals surface area contributed by atoms with Crippen LogP contribution in [0.15, 0.2) is 60.7 Å². The van der Waals surface area contributed by atoms with E-state index < -0.39 is 0 Å². The summed E-state index contributed by atoms with van der Waals surface area (Å²) in [4.78, 5) is 28.3. The van der Waals surface area contributed by atoms with Gasteiger partial charge in [-0.3, -0.25) is 9.59 Å². The number of carbonyl (C=O) groups excluding carboxylic acids is 2. The predicted molar refractivity (Wildman–Crippen MR) is 125 cm³/mol. The fourth-order valence-corrected chi connectivity index (χ4v) is 6.43. The Labute approximate surface area is 190 Å². The molecule has 1 aliphatic carbocycles. The average Bonchev–Trinajstić information content (AvgIpc) is 2.97. The van der Waals surface area contributed by atoms with E-state index in [1.54, 1.807) is 12.1 Å². The van der Waals surface area contributed by atoms with Crippen LogP contribution in [0.25, 0.3) is 0 Å². The van der Waals surface area contributed by atoms with Gasteiger partial charge in [0.2, 0.25) is 5.91 Å². The molecule has 2 aliphatic heterocycles. The summed E-state index contributed by atoms with van der Waals surface area (Å²) in [6, 6.07) is 20.8. The Morgan fingerprint density at radius 1 is 1.03 bits per heavy atom. The fourth-order valence-electron chi connectivity index (χ4n) is 6.43. The number of hydrogen-bond acceptors (Lipinski definition) is 3. The number of piperidine rings is 1. The molecule has 5 atom stereocenters. The lowest BCUT2D eigenvalue weighted by molar-refractivity contribution is -0.134. The van der Waals surface area contributed by atoms with E-state index >= 15 is 0 Å². The van der Waals surface area contributed by atoms with Crippen molar-refractivity contribution in [3.63, 3.8) is 0 Å². The van der Waals surface area contributed by atoms with Crippen LogP contribution in [0.3, 0.4) is 0 Å². The zero-order chi connectivity index (χ0) is 22.1. The Morgan fingerprint density at radius 2 is 1.72 bits per heavy atom. The molecule has 0 unspecified atom stereocenters. The lowest BCUT2D eigenvalue weighted by atomic mass is 9.70. The van der Waals surface area contributed by atoms with Crippen molar-refractivity contribution < 1.29 is 9.59 Å². The van der Waals surface area contributed by atoms with Gasteiger partial charge in [-0.1, -0.05) is 68.3 Å². The molecule has 0 aromatic heterocycles. The minimum atomic E-state index is -0.190. The van der Waals surface area contributed by atoms with Crippen molar-refractivity contribution in [1.29, 1.82) is 0 Å². The van der Waals surface area contributed by atoms with E-state index in [1.807, 2.05) is 24.3 Å². The Kier molecular flexibility index (Phi) is 5.76. The molecule has 5 heteroatoms. The predicted octanol–water partition coefficient (Wildman–Crippen LogP) is 3.55. The average molecular weight is 432 g/mol. The number of hydrogen-bond donors (Lipinski definition) is 2. The molecule has 2 saturated heterocycles. The number of amides is 2. The number of nitrogens with zero attached hydrogens (tertiary/aromatic N) is 1. The van der Waals surface area contributed by atoms with Crippen molar-refractivity contribution in [2.45, 2.75) is 69.6 Å². The quantitative estimate of drug-likeness (QED) is 0.761. The number of likely N-dealkylation sites (tertiary alicyclic amines) is 1. The minimum absolute atomic E-state index is 0.0513. The van der Waals surface area contributed by atoms with Crippen LogP contribution in [0.1, 0.15) is 54.9 Å². The third-order valence-corrected chi connectivity index (χ3v) is 8.02. The third kappa shape index (κ3) is 3.83. The first-order chi connectivity index (χ1) is 15.6. The molecule has 32 heavy (non-hydrogen) atoms. The van der Waals surface area contributed by atoms with E-state index in [4.69, 9.17) is 0 Å². The summed E-state index contributed by atoms with van der Waals surface area (Å²) >= 11 is 0. The number of rotatable bonds is 5. The molecule has 2 amide bonds. The van der Waals surface area contributed by atoms with Gasteiger partial charge in [-0.2, -0.15) is 0 Å². The molecule has 5 rings (SSSR count). The highest BCUT2D eigenvalue weighted by molar-refractivity contribution is 5.96. The molecule has 3 fully saturated rings. The monoisotopic (exact) mass is 431 g/mol. The summed E-state index contributed by atoms with van der Waals surface area (Å²) in [5, 5.41) is 6.84. The molecular formula is C27H33N3O2. The Balaban J connectivity index is 1.37. The summed E-state index contributed by atoms with van der Waals surface area (Å²) in [6.07, 6.45) is 6.57. The molecule has 0 radical (unpaired) electrons. The first-order valence-corrected chi connectivity index (χ1v) is 12.0. The van der Waals surface area contributed by atoms with Crippen LogP contribution in [-0.4, -0.2) is 47.4 Å². The second-order valence-electron chi connectivity index (χ2n) is 9.94. The maximum Gasteiger partial charge on any atom is 0.251 e. The van der Waals surface area contributed by atoms with Crippen LogP contribution in [0.4, 0.5) is 0 Å². The van der Waals surface area contributed by atoms with E-state index in [1.165, 1.54) is 18.4 Å². The molecule has 3 aliphatic rings. The summed E-state index contributed by atoms with van der Waals surface area (Å²) in [5.74, 6) is -0.138. The van der Waals surface area contributed by atoms with E-state index in [2.05, 4.69) is 46.7 Å². The SMILES string of the molecule is C[C@@]12C[C@H]3[C@H](Cc4ccccc4)N[C@@H]1CCCC[C@@H]2N3C(=O)CNC(=O)c1ccccc1. The van der Waals surface area contributed by atoms with Crippen molar-refractivity contribution in [3.8, 4) is 0 Å². The van der Waals surface area contributed by atoms with Gasteiger partial charge in [-0.25, -0.2) is 0 Å². The van der Waals surface area contributed by atoms with E-state index in [0.717, 1.165) is 25.7 Å². The highest BCUT2D eigenvalue weighted by Gasteiger charge is 2.60. The molecular weight excluding hydrogens is 398 g/mol. The van der Waals surface area contributed by atoms with Crippen LogP contribution in [0, 0.1) is 5.41 Å². The second-order valence-corrected chi connectivity index (χ2v) is 9.94. The van der Waals surface area contributed by atoms with Gasteiger partial charge in [0.1, 0.15) is 0 Å². The fraction of sp³-hybridized carbons (Fsp3) is 0.481. The summed E-state index contributed by atoms with van der Waals surface area (Å²) in [7, 11) is 0. The zero-order valence-electron chi connectivity index (χ0n) is 18.8. The third-order valence-electron chi connectivity index (χ3n) is 8.02. The second kappa shape index (κ2) is 8.70. The van der Waals surface area contributed by atoms with E-state index in [9.17, 15) is 9.59 Å². The largest absolute Gasteiger partial charge is 0.343 e. The topological polar surface area (TPSA) is 61.4 Å². The van der Waals surface area contributed by atoms with Gasteiger partial charge in [0.15, 0.2) is 0 Å². The van der Waals surface area contributed by atoms with Crippen LogP contribution in [0.2, 0.25) is 0 Å². The van der Waals surface area contributed by atoms with Crippen LogP contribution in [0.5, 0.6) is 0 Å². The lowest BCUT2D eigenvalue weighted by Crippen LogP contribution is -2.58. The van der Waals surface area contributed by atoms with Gasteiger partial charge in [0.05, 0.1) is 6.54 Å². The van der Waals surface area contributed by atoms with Gasteiger partial charge in [0.25, 0.3) is 5.91 Å². The number of benzene rings is 2. The molecule has 2 aromatic rings. The van der Waals surface area contributed by atoms with E-state index in [-0.39, 0.29) is 41.9 Å². The van der Waals surface area contributed by atoms with Gasteiger partial charge in [-0.15, -0.1) is 0 Å². The molecule has 168 valence electrons. The van der Waals surface area contributed by atoms with Gasteiger partial charge in [-0.05, 0) is 43.4 Å². The number of fused-ring (bicyclic) bond motifs is 1. The van der Waals surface area contributed by atoms with Crippen LogP contribution in [-0.2, 0) is 11.2 Å². The van der Waals surface area contributed by atoms with Crippen molar-refractivity contribution in [2.24, 2.45) is 5.41 Å². The van der Waals surface area contributed by atoms with E-state index in [0.29, 0.717) is 11.6 Å². The first kappa shape index (κ1) is 21.2. The maximum atomic E-state index is 13.6. The lowest BCUT2D eigenvalue weighted by Gasteiger charge is -2.43. The first-order valence-electron chi connectivity index (χ1n) is 12.0. The summed E-state index contributed by atoms with van der Waals surface area (Å²) in [5.41, 5.74) is 2.00. The van der Waals surface area contributed by atoms with Gasteiger partial charge < -0.3 is 15.5 Å². The minimum Gasteiger partial charge on any atom is -0.343 e. The highest BCUT2D eigenvalue weighted by Crippen LogP contribution is 2.52. The summed E-state index contributed by atoms with van der Waals surface area (Å²) < 4.78 is 0. The number of carbonyl (C=O) groups is 2. The molecule has 2 heterocycles. The van der Waals surface area contributed by atoms with Gasteiger partial charge in [0, 0.05) is 35.1 Å². The molecule has 2 aromatic carbocycles. The normalized spacial score (nSPS) is 31.1. The highest BCUT2D eigenvalue weighted by atomic mass is 16.2. The molecule has 2 N–H and O–H groups in total. The van der Waals surface area contributed by atoms with Crippen molar-refractivity contribution in [1.82, 2.24) is 15.5 Å². The molecule has 1 saturated carbocycles. The zero-order valence-corrected chi connectivity index (χ0v) is 18.8. The summed E-state index contributed by atoms with van der Waals surface area (Å²) in [6.45, 7) is 2.43. The van der Waals surface area contributed by atoms with Gasteiger partial charge >= 0.3 is 0 Å². The van der Waals surface area contributed by atoms with Crippen LogP contribution < -0.4 is 10.6 Å². The van der Waals surface area contributed by atoms with Crippen molar-refractivity contribution in [2.75, 3.05) is 6.54 Å². The number of nitrogens with one attached hydrogen (secondary N) is 2. The molecule has 5 nitrogen and oxygen atoms in total. The maximum absolute atomic E-state index is 13.6. The van der Waals surface area contributed by atoms with Crippen molar-refractivity contribution in [3.05, 3.63) is 71.8 Å². The smallest absolute Gasteiger partial charge is 0.251 e.